The van der Waals surface area contributed by atoms with Gasteiger partial charge in [-0.15, -0.1) is 0 Å². The summed E-state index contributed by atoms with van der Waals surface area (Å²) in [5.74, 6) is 0.0764. The molecule has 0 unspecified atom stereocenters. The minimum absolute atomic E-state index is 0.0261. The maximum absolute atomic E-state index is 12.2. The summed E-state index contributed by atoms with van der Waals surface area (Å²) >= 11 is 0. The van der Waals surface area contributed by atoms with E-state index >= 15 is 0 Å². The summed E-state index contributed by atoms with van der Waals surface area (Å²) in [5, 5.41) is 25.6. The van der Waals surface area contributed by atoms with E-state index in [1.807, 2.05) is 12.1 Å². The number of hydrogen-bond acceptors (Lipinski definition) is 7. The molecule has 1 aromatic carbocycles. The molecule has 1 aliphatic heterocycles. The molecule has 4 N–H and O–H groups in total. The lowest BCUT2D eigenvalue weighted by Gasteiger charge is -2.15. The molecule has 29 heavy (non-hydrogen) atoms. The van der Waals surface area contributed by atoms with E-state index in [-0.39, 0.29) is 24.6 Å². The summed E-state index contributed by atoms with van der Waals surface area (Å²) in [5.41, 5.74) is 0.894. The van der Waals surface area contributed by atoms with Crippen LogP contribution in [0.1, 0.15) is 22.5 Å². The van der Waals surface area contributed by atoms with Crippen molar-refractivity contribution in [3.8, 4) is 5.75 Å². The van der Waals surface area contributed by atoms with Crippen LogP contribution >= 0.6 is 0 Å². The molecule has 2 aromatic rings. The van der Waals surface area contributed by atoms with Crippen LogP contribution in [0.15, 0.2) is 47.1 Å². The van der Waals surface area contributed by atoms with Crippen molar-refractivity contribution < 1.29 is 33.7 Å². The fourth-order valence-electron chi connectivity index (χ4n) is 3.05. The molecule has 2 amide bonds. The van der Waals surface area contributed by atoms with Gasteiger partial charge in [0.2, 0.25) is 5.91 Å². The monoisotopic (exact) mass is 404 g/mol. The average Bonchev–Trinajstić information content (AvgIpc) is 3.36. The van der Waals surface area contributed by atoms with Gasteiger partial charge in [-0.05, 0) is 29.8 Å². The zero-order chi connectivity index (χ0) is 20.8. The predicted molar refractivity (Wildman–Crippen MR) is 101 cm³/mol. The van der Waals surface area contributed by atoms with Gasteiger partial charge in [0.05, 0.1) is 25.9 Å². The number of ether oxygens (including phenoxy) is 2. The van der Waals surface area contributed by atoms with Gasteiger partial charge >= 0.3 is 0 Å². The molecular weight excluding hydrogens is 380 g/mol. The second-order valence-corrected chi connectivity index (χ2v) is 6.71. The third kappa shape index (κ3) is 5.35. The SMILES string of the molecule is COc1ccc(CNC(=O)C[C@H]2O[C@H](CNC(=O)c3ccco3)[C@@H](O)[C@H]2O)cc1. The highest BCUT2D eigenvalue weighted by molar-refractivity contribution is 5.91. The van der Waals surface area contributed by atoms with Crippen LogP contribution in [0.25, 0.3) is 0 Å². The third-order valence-electron chi connectivity index (χ3n) is 4.71. The number of amides is 2. The van der Waals surface area contributed by atoms with E-state index in [4.69, 9.17) is 13.9 Å². The quantitative estimate of drug-likeness (QED) is 0.495. The molecule has 3 rings (SSSR count). The molecule has 1 aliphatic rings. The second kappa shape index (κ2) is 9.55. The molecule has 9 nitrogen and oxygen atoms in total. The number of rotatable bonds is 8. The molecular formula is C20H24N2O7. The lowest BCUT2D eigenvalue weighted by Crippen LogP contribution is -2.40. The van der Waals surface area contributed by atoms with E-state index in [2.05, 4.69) is 10.6 Å². The Kier molecular flexibility index (Phi) is 6.86. The molecule has 4 atom stereocenters. The van der Waals surface area contributed by atoms with E-state index in [9.17, 15) is 19.8 Å². The Morgan fingerprint density at radius 2 is 1.79 bits per heavy atom. The van der Waals surface area contributed by atoms with Gasteiger partial charge < -0.3 is 34.7 Å². The van der Waals surface area contributed by atoms with Gasteiger partial charge in [0, 0.05) is 13.1 Å². The summed E-state index contributed by atoms with van der Waals surface area (Å²) in [6, 6.07) is 10.3. The first kappa shape index (κ1) is 20.8. The Balaban J connectivity index is 1.45. The number of benzene rings is 1. The van der Waals surface area contributed by atoms with E-state index in [0.717, 1.165) is 11.3 Å². The van der Waals surface area contributed by atoms with E-state index in [1.165, 1.54) is 12.3 Å². The third-order valence-corrected chi connectivity index (χ3v) is 4.71. The summed E-state index contributed by atoms with van der Waals surface area (Å²) in [6.07, 6.45) is -2.88. The van der Waals surface area contributed by atoms with Crippen LogP contribution < -0.4 is 15.4 Å². The normalized spacial score (nSPS) is 23.6. The Morgan fingerprint density at radius 3 is 2.45 bits per heavy atom. The van der Waals surface area contributed by atoms with Crippen molar-refractivity contribution in [3.63, 3.8) is 0 Å². The lowest BCUT2D eigenvalue weighted by molar-refractivity contribution is -0.125. The molecule has 1 aromatic heterocycles. The van der Waals surface area contributed by atoms with Crippen molar-refractivity contribution in [1.82, 2.24) is 10.6 Å². The minimum Gasteiger partial charge on any atom is -0.497 e. The molecule has 0 radical (unpaired) electrons. The van der Waals surface area contributed by atoms with Gasteiger partial charge in [-0.2, -0.15) is 0 Å². The van der Waals surface area contributed by atoms with Crippen molar-refractivity contribution in [1.29, 1.82) is 0 Å². The van der Waals surface area contributed by atoms with Crippen LogP contribution in [0.3, 0.4) is 0 Å². The number of furan rings is 1. The van der Waals surface area contributed by atoms with Gasteiger partial charge in [-0.1, -0.05) is 12.1 Å². The van der Waals surface area contributed by atoms with E-state index < -0.39 is 30.3 Å². The van der Waals surface area contributed by atoms with Gasteiger partial charge in [0.25, 0.3) is 5.91 Å². The Hall–Kier alpha value is -2.88. The maximum atomic E-state index is 12.2. The van der Waals surface area contributed by atoms with Crippen LogP contribution in [0, 0.1) is 0 Å². The van der Waals surface area contributed by atoms with Gasteiger partial charge in [0.1, 0.15) is 24.1 Å². The van der Waals surface area contributed by atoms with Gasteiger partial charge in [-0.25, -0.2) is 0 Å². The lowest BCUT2D eigenvalue weighted by atomic mass is 10.1. The number of hydrogen-bond donors (Lipinski definition) is 4. The number of carbonyl (C=O) groups excluding carboxylic acids is 2. The second-order valence-electron chi connectivity index (χ2n) is 6.71. The first-order valence-corrected chi connectivity index (χ1v) is 9.21. The number of aliphatic hydroxyl groups is 2. The number of nitrogens with one attached hydrogen (secondary N) is 2. The first-order chi connectivity index (χ1) is 14.0. The highest BCUT2D eigenvalue weighted by Crippen LogP contribution is 2.23. The molecule has 0 bridgehead atoms. The molecule has 0 spiro atoms. The van der Waals surface area contributed by atoms with Crippen molar-refractivity contribution in [3.05, 3.63) is 54.0 Å². The van der Waals surface area contributed by atoms with Crippen molar-refractivity contribution in [2.45, 2.75) is 37.4 Å². The standard InChI is InChI=1S/C20H24N2O7/c1-27-13-6-4-12(5-7-13)10-21-17(23)9-15-18(24)19(25)16(29-15)11-22-20(26)14-3-2-8-28-14/h2-8,15-16,18-19,24-25H,9-11H2,1H3,(H,21,23)(H,22,26)/t15-,16-,18+,19-/m1/s1. The molecule has 0 saturated carbocycles. The fraction of sp³-hybridized carbons (Fsp3) is 0.400. The van der Waals surface area contributed by atoms with Crippen molar-refractivity contribution >= 4 is 11.8 Å². The molecule has 0 aliphatic carbocycles. The van der Waals surface area contributed by atoms with Crippen LogP contribution in [0.2, 0.25) is 0 Å². The summed E-state index contributed by atoms with van der Waals surface area (Å²) in [6.45, 7) is 0.290. The van der Waals surface area contributed by atoms with Crippen molar-refractivity contribution in [2.75, 3.05) is 13.7 Å². The number of aliphatic hydroxyl groups excluding tert-OH is 2. The summed E-state index contributed by atoms with van der Waals surface area (Å²) in [4.78, 5) is 24.1. The molecule has 9 heteroatoms. The van der Waals surface area contributed by atoms with Crippen LogP contribution in [0.5, 0.6) is 5.75 Å². The smallest absolute Gasteiger partial charge is 0.287 e. The first-order valence-electron chi connectivity index (χ1n) is 9.21. The molecule has 1 fully saturated rings. The highest BCUT2D eigenvalue weighted by Gasteiger charge is 2.43. The Bertz CT molecular complexity index is 807. The number of carbonyl (C=O) groups is 2. The minimum atomic E-state index is -1.23. The van der Waals surface area contributed by atoms with E-state index in [1.54, 1.807) is 25.3 Å². The predicted octanol–water partition coefficient (Wildman–Crippen LogP) is 0.214. The van der Waals surface area contributed by atoms with Crippen LogP contribution in [-0.2, 0) is 16.1 Å². The molecule has 2 heterocycles. The Morgan fingerprint density at radius 1 is 1.07 bits per heavy atom. The largest absolute Gasteiger partial charge is 0.497 e. The highest BCUT2D eigenvalue weighted by atomic mass is 16.5. The van der Waals surface area contributed by atoms with Crippen LogP contribution in [0.4, 0.5) is 0 Å². The number of methoxy groups -OCH3 is 1. The average molecular weight is 404 g/mol. The topological polar surface area (TPSA) is 130 Å². The Labute approximate surface area is 167 Å². The maximum Gasteiger partial charge on any atom is 0.287 e. The zero-order valence-electron chi connectivity index (χ0n) is 15.9. The summed E-state index contributed by atoms with van der Waals surface area (Å²) in [7, 11) is 1.58. The summed E-state index contributed by atoms with van der Waals surface area (Å²) < 4.78 is 15.7. The van der Waals surface area contributed by atoms with Crippen molar-refractivity contribution in [2.24, 2.45) is 0 Å². The van der Waals surface area contributed by atoms with Crippen LogP contribution in [-0.4, -0.2) is 60.1 Å². The molecule has 156 valence electrons. The zero-order valence-corrected chi connectivity index (χ0v) is 15.9. The van der Waals surface area contributed by atoms with E-state index in [0.29, 0.717) is 6.54 Å². The fourth-order valence-corrected chi connectivity index (χ4v) is 3.05. The van der Waals surface area contributed by atoms with Gasteiger partial charge in [0.15, 0.2) is 5.76 Å². The van der Waals surface area contributed by atoms with Gasteiger partial charge in [-0.3, -0.25) is 9.59 Å². The molecule has 1 saturated heterocycles.